The monoisotopic (exact) mass is 293 g/mol. The summed E-state index contributed by atoms with van der Waals surface area (Å²) in [6, 6.07) is 3.78. The Labute approximate surface area is 115 Å². The maximum absolute atomic E-state index is 12.7. The molecule has 3 rings (SSSR count). The number of piperidine rings is 1. The largest absolute Gasteiger partial charge is 0.485 e. The molecule has 2 nitrogen and oxygen atoms in total. The fraction of sp³-hybridized carbons (Fsp3) is 0.538. The van der Waals surface area contributed by atoms with Gasteiger partial charge in [-0.15, -0.1) is 12.4 Å². The summed E-state index contributed by atoms with van der Waals surface area (Å²) in [6.45, 7) is 2.83. The van der Waals surface area contributed by atoms with E-state index in [0.29, 0.717) is 5.75 Å². The Morgan fingerprint density at radius 3 is 2.79 bits per heavy atom. The predicted molar refractivity (Wildman–Crippen MR) is 67.7 cm³/mol. The van der Waals surface area contributed by atoms with Gasteiger partial charge in [-0.2, -0.15) is 13.2 Å². The highest BCUT2D eigenvalue weighted by Crippen LogP contribution is 2.48. The van der Waals surface area contributed by atoms with Gasteiger partial charge < -0.3 is 10.1 Å². The van der Waals surface area contributed by atoms with Crippen LogP contribution in [-0.4, -0.2) is 12.1 Å². The van der Waals surface area contributed by atoms with Gasteiger partial charge in [0.15, 0.2) is 0 Å². The van der Waals surface area contributed by atoms with Crippen molar-refractivity contribution in [1.82, 2.24) is 5.32 Å². The fourth-order valence-corrected chi connectivity index (χ4v) is 2.88. The van der Waals surface area contributed by atoms with E-state index in [9.17, 15) is 13.2 Å². The third-order valence-electron chi connectivity index (χ3n) is 3.80. The summed E-state index contributed by atoms with van der Waals surface area (Å²) in [4.78, 5) is 0. The van der Waals surface area contributed by atoms with Crippen molar-refractivity contribution in [1.29, 1.82) is 0 Å². The lowest BCUT2D eigenvalue weighted by Gasteiger charge is -2.35. The first kappa shape index (κ1) is 14.5. The van der Waals surface area contributed by atoms with Gasteiger partial charge in [-0.25, -0.2) is 0 Å². The molecule has 1 aromatic carbocycles. The van der Waals surface area contributed by atoms with Crippen molar-refractivity contribution in [2.75, 3.05) is 6.54 Å². The van der Waals surface area contributed by atoms with Crippen LogP contribution in [0.1, 0.15) is 36.9 Å². The van der Waals surface area contributed by atoms with Crippen LogP contribution >= 0.6 is 12.4 Å². The number of rotatable bonds is 0. The van der Waals surface area contributed by atoms with Crippen LogP contribution in [0, 0.1) is 0 Å². The van der Waals surface area contributed by atoms with Gasteiger partial charge >= 0.3 is 6.18 Å². The molecule has 0 aliphatic carbocycles. The van der Waals surface area contributed by atoms with E-state index >= 15 is 0 Å². The molecule has 0 spiro atoms. The highest BCUT2D eigenvalue weighted by atomic mass is 35.5. The summed E-state index contributed by atoms with van der Waals surface area (Å²) in [5.41, 5.74) is -0.223. The van der Waals surface area contributed by atoms with Crippen molar-refractivity contribution in [3.8, 4) is 5.75 Å². The Morgan fingerprint density at radius 1 is 1.37 bits per heavy atom. The average molecular weight is 294 g/mol. The number of alkyl halides is 3. The molecule has 6 heteroatoms. The fourth-order valence-electron chi connectivity index (χ4n) is 2.88. The molecule has 1 N–H and O–H groups in total. The molecular formula is C13H15ClF3NO. The molecule has 1 aromatic rings. The topological polar surface area (TPSA) is 21.3 Å². The van der Waals surface area contributed by atoms with Gasteiger partial charge in [-0.3, -0.25) is 0 Å². The van der Waals surface area contributed by atoms with E-state index in [0.717, 1.165) is 37.1 Å². The quantitative estimate of drug-likeness (QED) is 0.787. The van der Waals surface area contributed by atoms with Crippen molar-refractivity contribution < 1.29 is 17.9 Å². The minimum absolute atomic E-state index is 0. The first-order chi connectivity index (χ1) is 8.40. The molecule has 2 atom stereocenters. The SMILES string of the molecule is C[C@]12CCCN[C@H]1c1ccc(C(F)(F)F)cc1O2.Cl. The summed E-state index contributed by atoms with van der Waals surface area (Å²) in [5.74, 6) is 0.367. The number of ether oxygens (including phenoxy) is 1. The van der Waals surface area contributed by atoms with Crippen LogP contribution < -0.4 is 10.1 Å². The third-order valence-corrected chi connectivity index (χ3v) is 3.80. The first-order valence-electron chi connectivity index (χ1n) is 6.04. The molecule has 0 aromatic heterocycles. The summed E-state index contributed by atoms with van der Waals surface area (Å²) in [6.07, 6.45) is -2.48. The second-order valence-corrected chi connectivity index (χ2v) is 5.16. The van der Waals surface area contributed by atoms with Gasteiger partial charge in [0.2, 0.25) is 0 Å². The van der Waals surface area contributed by atoms with Gasteiger partial charge in [0.25, 0.3) is 0 Å². The van der Waals surface area contributed by atoms with Crippen LogP contribution in [0.5, 0.6) is 5.75 Å². The minimum atomic E-state index is -4.32. The van der Waals surface area contributed by atoms with Crippen molar-refractivity contribution in [3.63, 3.8) is 0 Å². The van der Waals surface area contributed by atoms with E-state index in [-0.39, 0.29) is 18.4 Å². The molecule has 2 aliphatic rings. The predicted octanol–water partition coefficient (Wildman–Crippen LogP) is 3.70. The molecule has 0 bridgehead atoms. The lowest BCUT2D eigenvalue weighted by molar-refractivity contribution is -0.137. The summed E-state index contributed by atoms with van der Waals surface area (Å²) in [5, 5.41) is 3.33. The van der Waals surface area contributed by atoms with E-state index in [4.69, 9.17) is 4.74 Å². The zero-order valence-corrected chi connectivity index (χ0v) is 11.2. The first-order valence-corrected chi connectivity index (χ1v) is 6.04. The molecule has 0 amide bonds. The number of benzene rings is 1. The highest BCUT2D eigenvalue weighted by Gasteiger charge is 2.47. The van der Waals surface area contributed by atoms with Crippen LogP contribution in [0.3, 0.4) is 0 Å². The Bertz CT molecular complexity index is 491. The molecule has 0 saturated carbocycles. The van der Waals surface area contributed by atoms with Crippen LogP contribution in [0.4, 0.5) is 13.2 Å². The highest BCUT2D eigenvalue weighted by molar-refractivity contribution is 5.85. The lowest BCUT2D eigenvalue weighted by atomic mass is 9.85. The Morgan fingerprint density at radius 2 is 2.11 bits per heavy atom. The van der Waals surface area contributed by atoms with Crippen LogP contribution in [0.15, 0.2) is 18.2 Å². The minimum Gasteiger partial charge on any atom is -0.485 e. The number of fused-ring (bicyclic) bond motifs is 3. The second kappa shape index (κ2) is 4.56. The molecule has 106 valence electrons. The van der Waals surface area contributed by atoms with E-state index in [1.165, 1.54) is 6.07 Å². The average Bonchev–Trinajstić information content (AvgIpc) is 2.58. The maximum atomic E-state index is 12.7. The van der Waals surface area contributed by atoms with Crippen LogP contribution in [0.2, 0.25) is 0 Å². The summed E-state index contributed by atoms with van der Waals surface area (Å²) < 4.78 is 43.7. The zero-order chi connectivity index (χ0) is 13.0. The van der Waals surface area contributed by atoms with Gasteiger partial charge in [0.1, 0.15) is 11.4 Å². The Kier molecular flexibility index (Phi) is 3.47. The molecule has 2 aliphatic heterocycles. The van der Waals surface area contributed by atoms with Gasteiger partial charge in [0, 0.05) is 5.56 Å². The number of halogens is 4. The van der Waals surface area contributed by atoms with E-state index < -0.39 is 17.3 Å². The maximum Gasteiger partial charge on any atom is 0.416 e. The molecular weight excluding hydrogens is 279 g/mol. The number of hydrogen-bond donors (Lipinski definition) is 1. The van der Waals surface area contributed by atoms with Crippen LogP contribution in [0.25, 0.3) is 0 Å². The molecule has 2 heterocycles. The smallest absolute Gasteiger partial charge is 0.416 e. The molecule has 0 unspecified atom stereocenters. The number of hydrogen-bond acceptors (Lipinski definition) is 2. The van der Waals surface area contributed by atoms with Crippen molar-refractivity contribution in [2.45, 2.75) is 37.6 Å². The van der Waals surface area contributed by atoms with E-state index in [1.54, 1.807) is 0 Å². The zero-order valence-electron chi connectivity index (χ0n) is 10.4. The van der Waals surface area contributed by atoms with Gasteiger partial charge in [-0.05, 0) is 38.4 Å². The third kappa shape index (κ3) is 2.30. The van der Waals surface area contributed by atoms with Crippen LogP contribution in [-0.2, 0) is 6.18 Å². The second-order valence-electron chi connectivity index (χ2n) is 5.16. The molecule has 1 saturated heterocycles. The Balaban J connectivity index is 0.00000133. The van der Waals surface area contributed by atoms with Gasteiger partial charge in [-0.1, -0.05) is 6.07 Å². The normalized spacial score (nSPS) is 28.9. The van der Waals surface area contributed by atoms with Crippen molar-refractivity contribution >= 4 is 12.4 Å². The lowest BCUT2D eigenvalue weighted by Crippen LogP contribution is -2.46. The number of nitrogens with one attached hydrogen (secondary N) is 1. The van der Waals surface area contributed by atoms with Crippen molar-refractivity contribution in [2.24, 2.45) is 0 Å². The molecule has 19 heavy (non-hydrogen) atoms. The summed E-state index contributed by atoms with van der Waals surface area (Å²) in [7, 11) is 0. The molecule has 1 fully saturated rings. The van der Waals surface area contributed by atoms with Crippen molar-refractivity contribution in [3.05, 3.63) is 29.3 Å². The summed E-state index contributed by atoms with van der Waals surface area (Å²) >= 11 is 0. The standard InChI is InChI=1S/C13H14F3NO.ClH/c1-12-5-2-6-17-11(12)9-4-3-8(13(14,15)16)7-10(9)18-12;/h3-4,7,11,17H,2,5-6H2,1H3;1H/t11-,12-;/m0./s1. The van der Waals surface area contributed by atoms with Gasteiger partial charge in [0.05, 0.1) is 11.6 Å². The Hall–Kier alpha value is -0.940. The molecule has 0 radical (unpaired) electrons. The van der Waals surface area contributed by atoms with E-state index in [1.807, 2.05) is 6.92 Å². The van der Waals surface area contributed by atoms with E-state index in [2.05, 4.69) is 5.32 Å².